The van der Waals surface area contributed by atoms with Crippen LogP contribution in [0.4, 0.5) is 5.82 Å². The molecule has 2 rings (SSSR count). The topological polar surface area (TPSA) is 42.0 Å². The average molecular weight is 366 g/mol. The predicted octanol–water partition coefficient (Wildman–Crippen LogP) is 3.57. The lowest BCUT2D eigenvalue weighted by molar-refractivity contribution is -0.116. The molecule has 0 spiro atoms. The minimum atomic E-state index is -0.00443. The summed E-state index contributed by atoms with van der Waals surface area (Å²) >= 11 is 2.18. The second kappa shape index (κ2) is 6.65. The van der Waals surface area contributed by atoms with Gasteiger partial charge in [0.25, 0.3) is 0 Å². The number of amides is 1. The summed E-state index contributed by atoms with van der Waals surface area (Å²) in [6.07, 6.45) is 2.95. The molecule has 1 amide bonds. The number of nitrogens with zero attached hydrogens (tertiary/aromatic N) is 1. The molecule has 1 N–H and O–H groups in total. The van der Waals surface area contributed by atoms with E-state index >= 15 is 0 Å². The lowest BCUT2D eigenvalue weighted by atomic mass is 10.1. The highest BCUT2D eigenvalue weighted by Crippen LogP contribution is 2.09. The Bertz CT molecular complexity index is 567. The molecule has 4 heteroatoms. The molecule has 0 radical (unpaired) electrons. The number of anilines is 1. The lowest BCUT2D eigenvalue weighted by Gasteiger charge is -2.05. The van der Waals surface area contributed by atoms with Gasteiger partial charge in [-0.15, -0.1) is 0 Å². The summed E-state index contributed by atoms with van der Waals surface area (Å²) in [5.74, 6) is 0.602. The van der Waals surface area contributed by atoms with Crippen LogP contribution in [0.3, 0.4) is 0 Å². The van der Waals surface area contributed by atoms with E-state index in [9.17, 15) is 4.79 Å². The zero-order valence-electron chi connectivity index (χ0n) is 10.7. The molecular weight excluding hydrogens is 351 g/mol. The molecule has 0 bridgehead atoms. The minimum absolute atomic E-state index is 0.00443. The second-order valence-electron chi connectivity index (χ2n) is 4.40. The van der Waals surface area contributed by atoms with Crippen molar-refractivity contribution in [3.63, 3.8) is 0 Å². The molecule has 98 valence electrons. The molecule has 0 aliphatic rings. The van der Waals surface area contributed by atoms with Gasteiger partial charge in [0.15, 0.2) is 0 Å². The van der Waals surface area contributed by atoms with Crippen molar-refractivity contribution in [3.05, 3.63) is 57.3 Å². The van der Waals surface area contributed by atoms with Crippen LogP contribution in [0.5, 0.6) is 0 Å². The molecule has 0 aliphatic heterocycles. The van der Waals surface area contributed by atoms with Gasteiger partial charge in [0.2, 0.25) is 5.91 Å². The zero-order chi connectivity index (χ0) is 13.7. The Morgan fingerprint density at radius 1 is 1.32 bits per heavy atom. The average Bonchev–Trinajstić information content (AvgIpc) is 2.39. The van der Waals surface area contributed by atoms with Crippen molar-refractivity contribution in [2.45, 2.75) is 19.8 Å². The van der Waals surface area contributed by atoms with Crippen LogP contribution in [0.15, 0.2) is 42.6 Å². The highest BCUT2D eigenvalue weighted by atomic mass is 127. The molecule has 0 aliphatic carbocycles. The van der Waals surface area contributed by atoms with Gasteiger partial charge in [-0.1, -0.05) is 29.8 Å². The van der Waals surface area contributed by atoms with Crippen molar-refractivity contribution in [3.8, 4) is 0 Å². The quantitative estimate of drug-likeness (QED) is 0.841. The second-order valence-corrected chi connectivity index (χ2v) is 5.64. The number of aryl methyl sites for hydroxylation is 2. The number of carbonyl (C=O) groups excluding carboxylic acids is 1. The summed E-state index contributed by atoms with van der Waals surface area (Å²) in [4.78, 5) is 16.0. The van der Waals surface area contributed by atoms with E-state index in [1.807, 2.05) is 24.3 Å². The van der Waals surface area contributed by atoms with Crippen LogP contribution < -0.4 is 5.32 Å². The smallest absolute Gasteiger partial charge is 0.225 e. The van der Waals surface area contributed by atoms with Gasteiger partial charge in [0.05, 0.1) is 0 Å². The molecular formula is C15H15IN2O. The van der Waals surface area contributed by atoms with Crippen LogP contribution in [-0.4, -0.2) is 10.9 Å². The maximum Gasteiger partial charge on any atom is 0.225 e. The Morgan fingerprint density at radius 2 is 2.16 bits per heavy atom. The molecule has 0 unspecified atom stereocenters. The number of benzene rings is 1. The number of pyridine rings is 1. The number of hydrogen-bond donors (Lipinski definition) is 1. The Balaban J connectivity index is 1.86. The van der Waals surface area contributed by atoms with Gasteiger partial charge in [-0.2, -0.15) is 0 Å². The van der Waals surface area contributed by atoms with E-state index in [1.54, 1.807) is 6.20 Å². The Morgan fingerprint density at radius 3 is 2.84 bits per heavy atom. The summed E-state index contributed by atoms with van der Waals surface area (Å²) in [7, 11) is 0. The van der Waals surface area contributed by atoms with Gasteiger partial charge in [0.1, 0.15) is 5.82 Å². The van der Waals surface area contributed by atoms with Crippen LogP contribution in [0.2, 0.25) is 0 Å². The van der Waals surface area contributed by atoms with Crippen molar-refractivity contribution in [1.82, 2.24) is 4.98 Å². The van der Waals surface area contributed by atoms with Gasteiger partial charge in [-0.25, -0.2) is 4.98 Å². The van der Waals surface area contributed by atoms with E-state index in [0.29, 0.717) is 12.2 Å². The zero-order valence-corrected chi connectivity index (χ0v) is 12.8. The Kier molecular flexibility index (Phi) is 4.90. The fourth-order valence-electron chi connectivity index (χ4n) is 1.78. The summed E-state index contributed by atoms with van der Waals surface area (Å²) in [5, 5.41) is 2.80. The fourth-order valence-corrected chi connectivity index (χ4v) is 2.10. The molecule has 0 saturated carbocycles. The molecule has 3 nitrogen and oxygen atoms in total. The monoisotopic (exact) mass is 366 g/mol. The number of halogens is 1. The highest BCUT2D eigenvalue weighted by molar-refractivity contribution is 14.1. The molecule has 19 heavy (non-hydrogen) atoms. The first kappa shape index (κ1) is 14.0. The van der Waals surface area contributed by atoms with Gasteiger partial charge in [-0.05, 0) is 53.6 Å². The number of hydrogen-bond acceptors (Lipinski definition) is 2. The van der Waals surface area contributed by atoms with Crippen LogP contribution in [-0.2, 0) is 11.2 Å². The first-order valence-corrected chi connectivity index (χ1v) is 7.18. The molecule has 2 aromatic rings. The van der Waals surface area contributed by atoms with Crippen LogP contribution in [0, 0.1) is 10.5 Å². The van der Waals surface area contributed by atoms with E-state index in [0.717, 1.165) is 9.99 Å². The van der Waals surface area contributed by atoms with Crippen molar-refractivity contribution >= 4 is 34.3 Å². The normalized spacial score (nSPS) is 10.2. The van der Waals surface area contributed by atoms with Gasteiger partial charge in [0, 0.05) is 16.2 Å². The minimum Gasteiger partial charge on any atom is -0.311 e. The van der Waals surface area contributed by atoms with E-state index in [-0.39, 0.29) is 5.91 Å². The number of aromatic nitrogens is 1. The molecule has 1 aromatic carbocycles. The first-order valence-electron chi connectivity index (χ1n) is 6.10. The largest absolute Gasteiger partial charge is 0.311 e. The van der Waals surface area contributed by atoms with Crippen molar-refractivity contribution in [1.29, 1.82) is 0 Å². The summed E-state index contributed by atoms with van der Waals surface area (Å²) < 4.78 is 1.05. The maximum absolute atomic E-state index is 11.8. The lowest BCUT2D eigenvalue weighted by Crippen LogP contribution is -2.13. The third kappa shape index (κ3) is 4.63. The number of carbonyl (C=O) groups is 1. The van der Waals surface area contributed by atoms with E-state index in [1.165, 1.54) is 11.1 Å². The van der Waals surface area contributed by atoms with Crippen molar-refractivity contribution < 1.29 is 4.79 Å². The van der Waals surface area contributed by atoms with E-state index < -0.39 is 0 Å². The van der Waals surface area contributed by atoms with E-state index in [4.69, 9.17) is 0 Å². The van der Waals surface area contributed by atoms with Crippen molar-refractivity contribution in [2.24, 2.45) is 0 Å². The Labute approximate surface area is 126 Å². The summed E-state index contributed by atoms with van der Waals surface area (Å²) in [5.41, 5.74) is 2.41. The first-order chi connectivity index (χ1) is 9.13. The molecule has 1 aromatic heterocycles. The predicted molar refractivity (Wildman–Crippen MR) is 85.1 cm³/mol. The SMILES string of the molecule is Cc1cccc(CCC(=O)Nc2ccc(I)cn2)c1. The molecule has 0 atom stereocenters. The van der Waals surface area contributed by atoms with E-state index in [2.05, 4.69) is 51.9 Å². The fraction of sp³-hybridized carbons (Fsp3) is 0.200. The number of rotatable bonds is 4. The highest BCUT2D eigenvalue weighted by Gasteiger charge is 2.04. The molecule has 1 heterocycles. The van der Waals surface area contributed by atoms with Crippen LogP contribution in [0.1, 0.15) is 17.5 Å². The van der Waals surface area contributed by atoms with Gasteiger partial charge in [-0.3, -0.25) is 4.79 Å². The van der Waals surface area contributed by atoms with Gasteiger partial charge >= 0.3 is 0 Å². The summed E-state index contributed by atoms with van der Waals surface area (Å²) in [6.45, 7) is 2.05. The third-order valence-electron chi connectivity index (χ3n) is 2.72. The Hall–Kier alpha value is -1.43. The maximum atomic E-state index is 11.8. The number of nitrogens with one attached hydrogen (secondary N) is 1. The van der Waals surface area contributed by atoms with Crippen LogP contribution >= 0.6 is 22.6 Å². The standard InChI is InChI=1S/C15H15IN2O/c1-11-3-2-4-12(9-11)5-8-15(19)18-14-7-6-13(16)10-17-14/h2-4,6-7,9-10H,5,8H2,1H3,(H,17,18,19). The van der Waals surface area contributed by atoms with Gasteiger partial charge < -0.3 is 5.32 Å². The van der Waals surface area contributed by atoms with Crippen LogP contribution in [0.25, 0.3) is 0 Å². The third-order valence-corrected chi connectivity index (χ3v) is 3.36. The van der Waals surface area contributed by atoms with Crippen molar-refractivity contribution in [2.75, 3.05) is 5.32 Å². The molecule has 0 saturated heterocycles. The summed E-state index contributed by atoms with van der Waals surface area (Å²) in [6, 6.07) is 12.0. The molecule has 0 fully saturated rings.